The lowest BCUT2D eigenvalue weighted by atomic mass is 9.80. The fourth-order valence-corrected chi connectivity index (χ4v) is 2.49. The van der Waals surface area contributed by atoms with E-state index < -0.39 is 0 Å². The molecule has 2 fully saturated rings. The largest absolute Gasteiger partial charge is 0.372 e. The summed E-state index contributed by atoms with van der Waals surface area (Å²) in [6.07, 6.45) is 8.76. The third kappa shape index (κ3) is 1.02. The van der Waals surface area contributed by atoms with E-state index in [1.54, 1.807) is 0 Å². The Morgan fingerprint density at radius 3 is 3.45 bits per heavy atom. The maximum absolute atomic E-state index is 5.56. The Labute approximate surface area is 68.4 Å². The van der Waals surface area contributed by atoms with Crippen molar-refractivity contribution in [3.8, 4) is 0 Å². The van der Waals surface area contributed by atoms with Crippen molar-refractivity contribution in [1.82, 2.24) is 0 Å². The summed E-state index contributed by atoms with van der Waals surface area (Å²) in [5, 5.41) is 0. The summed E-state index contributed by atoms with van der Waals surface area (Å²) in [6, 6.07) is 0. The molecule has 0 bridgehead atoms. The average molecular weight is 151 g/mol. The maximum Gasteiger partial charge on any atom is 0.0847 e. The number of hydrogen-bond donors (Lipinski definition) is 0. The lowest BCUT2D eigenvalue weighted by Gasteiger charge is -2.25. The Morgan fingerprint density at radius 2 is 2.64 bits per heavy atom. The quantitative estimate of drug-likeness (QED) is 0.551. The molecule has 2 atom stereocenters. The van der Waals surface area contributed by atoms with E-state index in [1.807, 2.05) is 12.7 Å². The fraction of sp³-hybridized carbons (Fsp3) is 0.700. The van der Waals surface area contributed by atoms with Gasteiger partial charge in [0, 0.05) is 5.41 Å². The zero-order valence-electron chi connectivity index (χ0n) is 6.88. The van der Waals surface area contributed by atoms with Crippen molar-refractivity contribution < 1.29 is 4.74 Å². The SMILES string of the molecule is C=CC[C@]12C[CH]O[C@H]1CCC2. The van der Waals surface area contributed by atoms with Gasteiger partial charge in [-0.1, -0.05) is 12.5 Å². The third-order valence-corrected chi connectivity index (χ3v) is 3.13. The van der Waals surface area contributed by atoms with E-state index in [-0.39, 0.29) is 0 Å². The third-order valence-electron chi connectivity index (χ3n) is 3.13. The second kappa shape index (κ2) is 2.63. The van der Waals surface area contributed by atoms with Crippen LogP contribution in [-0.2, 0) is 4.74 Å². The first-order valence-corrected chi connectivity index (χ1v) is 4.45. The molecule has 1 radical (unpaired) electrons. The van der Waals surface area contributed by atoms with Crippen molar-refractivity contribution in [2.24, 2.45) is 5.41 Å². The van der Waals surface area contributed by atoms with Gasteiger partial charge < -0.3 is 4.74 Å². The van der Waals surface area contributed by atoms with E-state index >= 15 is 0 Å². The first-order valence-electron chi connectivity index (χ1n) is 4.45. The molecule has 11 heavy (non-hydrogen) atoms. The second-order valence-electron chi connectivity index (χ2n) is 3.74. The predicted molar refractivity (Wildman–Crippen MR) is 44.9 cm³/mol. The topological polar surface area (TPSA) is 9.23 Å². The van der Waals surface area contributed by atoms with Gasteiger partial charge in [0.2, 0.25) is 0 Å². The molecular weight excluding hydrogens is 136 g/mol. The summed E-state index contributed by atoms with van der Waals surface area (Å²) < 4.78 is 5.56. The van der Waals surface area contributed by atoms with Crippen LogP contribution < -0.4 is 0 Å². The summed E-state index contributed by atoms with van der Waals surface area (Å²) in [5.74, 6) is 0. The molecule has 0 aromatic rings. The molecule has 61 valence electrons. The summed E-state index contributed by atoms with van der Waals surface area (Å²) >= 11 is 0. The number of ether oxygens (including phenoxy) is 1. The van der Waals surface area contributed by atoms with Gasteiger partial charge in [0.05, 0.1) is 12.7 Å². The van der Waals surface area contributed by atoms with Crippen molar-refractivity contribution in [2.45, 2.75) is 38.2 Å². The first-order chi connectivity index (χ1) is 5.37. The molecule has 0 unspecified atom stereocenters. The smallest absolute Gasteiger partial charge is 0.0847 e. The minimum Gasteiger partial charge on any atom is -0.372 e. The molecule has 0 amide bonds. The van der Waals surface area contributed by atoms with E-state index in [0.29, 0.717) is 11.5 Å². The summed E-state index contributed by atoms with van der Waals surface area (Å²) in [7, 11) is 0. The van der Waals surface area contributed by atoms with Gasteiger partial charge in [-0.25, -0.2) is 0 Å². The highest BCUT2D eigenvalue weighted by Crippen LogP contribution is 2.51. The molecule has 1 aliphatic heterocycles. The van der Waals surface area contributed by atoms with Crippen LogP contribution in [0.1, 0.15) is 32.1 Å². The van der Waals surface area contributed by atoms with Crippen molar-refractivity contribution in [2.75, 3.05) is 0 Å². The number of rotatable bonds is 2. The standard InChI is InChI=1S/C10H15O/c1-2-5-10-6-3-4-9(10)11-8-7-10/h2,8-9H,1,3-7H2/t9-,10-/m0/s1. The maximum atomic E-state index is 5.56. The van der Waals surface area contributed by atoms with Crippen molar-refractivity contribution in [3.63, 3.8) is 0 Å². The van der Waals surface area contributed by atoms with Crippen LogP contribution in [0.2, 0.25) is 0 Å². The molecule has 0 N–H and O–H groups in total. The molecular formula is C10H15O. The van der Waals surface area contributed by atoms with Crippen molar-refractivity contribution in [3.05, 3.63) is 19.3 Å². The average Bonchev–Trinajstić information content (AvgIpc) is 2.45. The van der Waals surface area contributed by atoms with Gasteiger partial charge >= 0.3 is 0 Å². The Balaban J connectivity index is 2.13. The van der Waals surface area contributed by atoms with E-state index in [1.165, 1.54) is 19.3 Å². The molecule has 0 aromatic carbocycles. The highest BCUT2D eigenvalue weighted by molar-refractivity contribution is 5.02. The number of allylic oxidation sites excluding steroid dienone is 1. The van der Waals surface area contributed by atoms with E-state index in [2.05, 4.69) is 6.58 Å². The predicted octanol–water partition coefficient (Wildman–Crippen LogP) is 2.68. The number of hydrogen-bond acceptors (Lipinski definition) is 1. The summed E-state index contributed by atoms with van der Waals surface area (Å²) in [6.45, 7) is 5.80. The van der Waals surface area contributed by atoms with Gasteiger partial charge in [-0.15, -0.1) is 6.58 Å². The highest BCUT2D eigenvalue weighted by Gasteiger charge is 2.46. The molecule has 1 heteroatoms. The van der Waals surface area contributed by atoms with Crippen LogP contribution in [0.15, 0.2) is 12.7 Å². The fourth-order valence-electron chi connectivity index (χ4n) is 2.49. The van der Waals surface area contributed by atoms with Crippen LogP contribution in [0.4, 0.5) is 0 Å². The van der Waals surface area contributed by atoms with Crippen LogP contribution >= 0.6 is 0 Å². The minimum absolute atomic E-state index is 0.460. The molecule has 1 saturated heterocycles. The van der Waals surface area contributed by atoms with Gasteiger partial charge in [0.15, 0.2) is 0 Å². The molecule has 1 nitrogen and oxygen atoms in total. The molecule has 0 spiro atoms. The zero-order valence-corrected chi connectivity index (χ0v) is 6.88. The first kappa shape index (κ1) is 7.35. The normalized spacial score (nSPS) is 42.4. The molecule has 0 aromatic heterocycles. The molecule has 1 saturated carbocycles. The van der Waals surface area contributed by atoms with Crippen LogP contribution in [0.5, 0.6) is 0 Å². The van der Waals surface area contributed by atoms with Crippen LogP contribution in [0, 0.1) is 12.0 Å². The van der Waals surface area contributed by atoms with Gasteiger partial charge in [-0.3, -0.25) is 0 Å². The molecule has 2 rings (SSSR count). The van der Waals surface area contributed by atoms with Gasteiger partial charge in [-0.2, -0.15) is 0 Å². The van der Waals surface area contributed by atoms with Crippen molar-refractivity contribution in [1.29, 1.82) is 0 Å². The zero-order chi connectivity index (χ0) is 7.73. The van der Waals surface area contributed by atoms with E-state index in [0.717, 1.165) is 12.8 Å². The van der Waals surface area contributed by atoms with E-state index in [4.69, 9.17) is 4.74 Å². The van der Waals surface area contributed by atoms with Gasteiger partial charge in [-0.05, 0) is 25.7 Å². The van der Waals surface area contributed by atoms with E-state index in [9.17, 15) is 0 Å². The van der Waals surface area contributed by atoms with Crippen LogP contribution in [-0.4, -0.2) is 6.10 Å². The molecule has 2 aliphatic rings. The van der Waals surface area contributed by atoms with Crippen molar-refractivity contribution >= 4 is 0 Å². The Kier molecular flexibility index (Phi) is 1.76. The van der Waals surface area contributed by atoms with Crippen LogP contribution in [0.3, 0.4) is 0 Å². The second-order valence-corrected chi connectivity index (χ2v) is 3.74. The Hall–Kier alpha value is -0.300. The molecule has 1 aliphatic carbocycles. The monoisotopic (exact) mass is 151 g/mol. The molecule has 1 heterocycles. The Morgan fingerprint density at radius 1 is 1.73 bits per heavy atom. The highest BCUT2D eigenvalue weighted by atomic mass is 16.5. The van der Waals surface area contributed by atoms with Gasteiger partial charge in [0.25, 0.3) is 0 Å². The lowest BCUT2D eigenvalue weighted by Crippen LogP contribution is -2.23. The lowest BCUT2D eigenvalue weighted by molar-refractivity contribution is 0.0958. The van der Waals surface area contributed by atoms with Gasteiger partial charge in [0.1, 0.15) is 0 Å². The Bertz CT molecular complexity index is 152. The number of fused-ring (bicyclic) bond motifs is 1. The summed E-state index contributed by atoms with van der Waals surface area (Å²) in [4.78, 5) is 0. The summed E-state index contributed by atoms with van der Waals surface area (Å²) in [5.41, 5.74) is 0.460. The minimum atomic E-state index is 0.460. The van der Waals surface area contributed by atoms with Crippen LogP contribution in [0.25, 0.3) is 0 Å².